The molecule has 0 unspecified atom stereocenters. The molecule has 364 valence electrons. The Balaban J connectivity index is 0.829. The minimum absolute atomic E-state index is 0.0939. The monoisotopic (exact) mass is 1030 g/mol. The predicted octanol–water partition coefficient (Wildman–Crippen LogP) is 8.63. The Morgan fingerprint density at radius 3 is 2.36 bits per heavy atom. The summed E-state index contributed by atoms with van der Waals surface area (Å²) in [5.41, 5.74) is 5.71. The number of amides is 2. The molecule has 3 aromatic heterocycles. The molecule has 0 aliphatic carbocycles. The third kappa shape index (κ3) is 9.51. The van der Waals surface area contributed by atoms with Crippen molar-refractivity contribution in [2.75, 3.05) is 68.7 Å². The number of aryl methyl sites for hydroxylation is 4. The standard InChI is InChI=1S/C50H58BrF2N10O5P/c1-7-30-25-38(57-48-54-28-33(51)46(59-48)56-37-13-12-36-32(45(37)69(5,6)67)26-35(53)29(2)55-36)41(68-4)27-40(30)62-23-18-50(19-24-62)16-21-61(22-17-50)20-8-9-31-10-11-34(52)44-43(31)60(3)49(66)63(44)39-14-15-42(64)58-47(39)65/h10-13,25-28,39H,7-9,14-24H2,1-6H3,(H,58,64,65)(H2,54,56,57,59)/t39-/m0/s1. The van der Waals surface area contributed by atoms with Crippen LogP contribution in [0.5, 0.6) is 5.75 Å². The van der Waals surface area contributed by atoms with Crippen LogP contribution < -0.4 is 36.6 Å². The van der Waals surface area contributed by atoms with Gasteiger partial charge in [-0.2, -0.15) is 4.98 Å². The van der Waals surface area contributed by atoms with Gasteiger partial charge in [0.25, 0.3) is 0 Å². The molecule has 3 aliphatic rings. The van der Waals surface area contributed by atoms with Crippen LogP contribution in [0.1, 0.15) is 74.7 Å². The zero-order valence-corrected chi connectivity index (χ0v) is 42.3. The Labute approximate surface area is 407 Å². The van der Waals surface area contributed by atoms with Gasteiger partial charge in [-0.25, -0.2) is 18.6 Å². The molecular weight excluding hydrogens is 969 g/mol. The highest BCUT2D eigenvalue weighted by molar-refractivity contribution is 9.10. The van der Waals surface area contributed by atoms with Crippen LogP contribution in [0.15, 0.2) is 57.9 Å². The molecule has 2 amide bonds. The van der Waals surface area contributed by atoms with Crippen LogP contribution in [0.3, 0.4) is 0 Å². The Kier molecular flexibility index (Phi) is 13.5. The maximum atomic E-state index is 15.4. The van der Waals surface area contributed by atoms with Crippen LogP contribution in [0.4, 0.5) is 37.6 Å². The van der Waals surface area contributed by atoms with E-state index in [0.717, 1.165) is 88.2 Å². The number of fused-ring (bicyclic) bond motifs is 2. The molecule has 3 fully saturated rings. The van der Waals surface area contributed by atoms with Gasteiger partial charge in [-0.1, -0.05) is 13.0 Å². The maximum absolute atomic E-state index is 15.4. The second-order valence-corrected chi connectivity index (χ2v) is 23.1. The number of imide groups is 1. The number of pyridine rings is 1. The summed E-state index contributed by atoms with van der Waals surface area (Å²) in [6.45, 7) is 11.8. The molecule has 9 rings (SSSR count). The van der Waals surface area contributed by atoms with Crippen LogP contribution in [0, 0.1) is 24.0 Å². The number of piperidine rings is 3. The molecular formula is C50H58BrF2N10O5P. The minimum Gasteiger partial charge on any atom is -0.494 e. The number of rotatable bonds is 13. The topological polar surface area (TPSA) is 169 Å². The van der Waals surface area contributed by atoms with Crippen molar-refractivity contribution in [2.45, 2.75) is 77.7 Å². The van der Waals surface area contributed by atoms with Crippen molar-refractivity contribution in [1.82, 2.24) is 34.3 Å². The summed E-state index contributed by atoms with van der Waals surface area (Å²) in [5.74, 6) is -0.579. The number of hydrogen-bond donors (Lipinski definition) is 3. The lowest BCUT2D eigenvalue weighted by atomic mass is 9.71. The first-order chi connectivity index (χ1) is 33.0. The first-order valence-electron chi connectivity index (χ1n) is 23.6. The molecule has 3 aromatic carbocycles. The smallest absolute Gasteiger partial charge is 0.329 e. The van der Waals surface area contributed by atoms with Gasteiger partial charge in [-0.3, -0.25) is 29.0 Å². The number of hydrogen-bond acceptors (Lipinski definition) is 12. The van der Waals surface area contributed by atoms with Gasteiger partial charge in [-0.05, 0) is 154 Å². The van der Waals surface area contributed by atoms with Crippen molar-refractivity contribution in [3.63, 3.8) is 0 Å². The number of nitrogens with zero attached hydrogens (tertiary/aromatic N) is 7. The molecule has 1 atom stereocenters. The summed E-state index contributed by atoms with van der Waals surface area (Å²) in [6.07, 6.45) is 8.61. The molecule has 69 heavy (non-hydrogen) atoms. The van der Waals surface area contributed by atoms with Gasteiger partial charge >= 0.3 is 5.69 Å². The van der Waals surface area contributed by atoms with E-state index >= 15 is 4.39 Å². The van der Waals surface area contributed by atoms with E-state index in [1.54, 1.807) is 58.8 Å². The summed E-state index contributed by atoms with van der Waals surface area (Å²) in [7, 11) is 0.340. The Hall–Kier alpha value is -5.71. The van der Waals surface area contributed by atoms with Crippen LogP contribution >= 0.6 is 23.1 Å². The maximum Gasteiger partial charge on any atom is 0.329 e. The summed E-state index contributed by atoms with van der Waals surface area (Å²) in [5, 5.41) is 9.98. The van der Waals surface area contributed by atoms with Crippen LogP contribution in [-0.4, -0.2) is 94.0 Å². The lowest BCUT2D eigenvalue weighted by Crippen LogP contribution is -2.47. The van der Waals surface area contributed by atoms with Gasteiger partial charge in [0, 0.05) is 55.2 Å². The van der Waals surface area contributed by atoms with Gasteiger partial charge in [-0.15, -0.1) is 0 Å². The van der Waals surface area contributed by atoms with Crippen molar-refractivity contribution < 1.29 is 27.7 Å². The van der Waals surface area contributed by atoms with E-state index in [0.29, 0.717) is 55.8 Å². The van der Waals surface area contributed by atoms with Crippen LogP contribution in [0.25, 0.3) is 21.9 Å². The summed E-state index contributed by atoms with van der Waals surface area (Å²) in [4.78, 5) is 56.6. The SMILES string of the molecule is CCc1cc(Nc2ncc(Br)c(Nc3ccc4nc(C)c(F)cc4c3P(C)(C)=O)n2)c(OC)cc1N1CCC2(CCN(CCCc3ccc(F)c4c3n(C)c(=O)n4[C@H]3CCC(=O)NC3=O)CC2)CC1. The summed E-state index contributed by atoms with van der Waals surface area (Å²) in [6, 6.07) is 11.4. The molecule has 6 aromatic rings. The molecule has 3 saturated heterocycles. The van der Waals surface area contributed by atoms with Gasteiger partial charge < -0.3 is 29.7 Å². The molecule has 15 nitrogen and oxygen atoms in total. The van der Waals surface area contributed by atoms with Gasteiger partial charge in [0.1, 0.15) is 41.9 Å². The fourth-order valence-corrected chi connectivity index (χ4v) is 12.4. The number of imidazole rings is 1. The Morgan fingerprint density at radius 1 is 0.928 bits per heavy atom. The van der Waals surface area contributed by atoms with Crippen molar-refractivity contribution in [2.24, 2.45) is 12.5 Å². The minimum atomic E-state index is -2.93. The van der Waals surface area contributed by atoms with Crippen molar-refractivity contribution >= 4 is 91.0 Å². The largest absolute Gasteiger partial charge is 0.494 e. The average molecular weight is 1030 g/mol. The number of halogens is 3. The third-order valence-corrected chi connectivity index (χ3v) is 16.6. The second-order valence-electron chi connectivity index (χ2n) is 19.1. The van der Waals surface area contributed by atoms with E-state index in [1.165, 1.54) is 26.8 Å². The van der Waals surface area contributed by atoms with E-state index in [-0.39, 0.29) is 35.4 Å². The van der Waals surface area contributed by atoms with E-state index in [9.17, 15) is 23.3 Å². The van der Waals surface area contributed by atoms with E-state index in [4.69, 9.17) is 9.72 Å². The highest BCUT2D eigenvalue weighted by Crippen LogP contribution is 2.45. The number of carbonyl (C=O) groups is 2. The number of ether oxygens (including phenoxy) is 1. The van der Waals surface area contributed by atoms with Crippen LogP contribution in [-0.2, 0) is 34.0 Å². The highest BCUT2D eigenvalue weighted by Gasteiger charge is 2.38. The summed E-state index contributed by atoms with van der Waals surface area (Å²) >= 11 is 3.57. The molecule has 1 spiro atoms. The van der Waals surface area contributed by atoms with Crippen molar-refractivity contribution in [3.8, 4) is 5.75 Å². The second kappa shape index (κ2) is 19.2. The number of likely N-dealkylation sites (tertiary alicyclic amines) is 1. The summed E-state index contributed by atoms with van der Waals surface area (Å²) < 4.78 is 53.0. The fraction of sp³-hybridized carbons (Fsp3) is 0.440. The number of methoxy groups -OCH3 is 1. The van der Waals surface area contributed by atoms with E-state index in [2.05, 4.69) is 70.7 Å². The van der Waals surface area contributed by atoms with E-state index < -0.39 is 36.4 Å². The quantitative estimate of drug-likeness (QED) is 0.0746. The number of anilines is 5. The first-order valence-corrected chi connectivity index (χ1v) is 27.0. The fourth-order valence-electron chi connectivity index (χ4n) is 10.6. The van der Waals surface area contributed by atoms with Gasteiger partial charge in [0.2, 0.25) is 17.8 Å². The number of carbonyl (C=O) groups excluding carboxylic acids is 2. The molecule has 3 aliphatic heterocycles. The number of nitrogens with one attached hydrogen (secondary N) is 3. The Morgan fingerprint density at radius 2 is 1.67 bits per heavy atom. The van der Waals surface area contributed by atoms with Gasteiger partial charge in [0.05, 0.1) is 39.7 Å². The lowest BCUT2D eigenvalue weighted by Gasteiger charge is -2.47. The molecule has 0 radical (unpaired) electrons. The molecule has 3 N–H and O–H groups in total. The lowest BCUT2D eigenvalue weighted by molar-refractivity contribution is -0.135. The average Bonchev–Trinajstić information content (AvgIpc) is 3.58. The zero-order valence-electron chi connectivity index (χ0n) is 39.8. The predicted molar refractivity (Wildman–Crippen MR) is 271 cm³/mol. The van der Waals surface area contributed by atoms with E-state index in [1.807, 2.05) is 0 Å². The van der Waals surface area contributed by atoms with Gasteiger partial charge in [0.15, 0.2) is 0 Å². The molecule has 19 heteroatoms. The van der Waals surface area contributed by atoms with Crippen LogP contribution in [0.2, 0.25) is 0 Å². The van der Waals surface area contributed by atoms with Crippen molar-refractivity contribution in [1.29, 1.82) is 0 Å². The van der Waals surface area contributed by atoms with Crippen molar-refractivity contribution in [3.05, 3.63) is 92.1 Å². The molecule has 6 heterocycles. The third-order valence-electron chi connectivity index (χ3n) is 14.4. The highest BCUT2D eigenvalue weighted by atomic mass is 79.9. The zero-order chi connectivity index (χ0) is 48.9. The number of benzene rings is 3. The Bertz CT molecular complexity index is 3120. The molecule has 0 bridgehead atoms. The number of aromatic nitrogens is 5. The normalized spacial score (nSPS) is 17.8. The first kappa shape index (κ1) is 48.3. The molecule has 0 saturated carbocycles.